The van der Waals surface area contributed by atoms with Crippen LogP contribution in [-0.4, -0.2) is 22.0 Å². The van der Waals surface area contributed by atoms with Gasteiger partial charge in [0, 0.05) is 24.1 Å². The highest BCUT2D eigenvalue weighted by Gasteiger charge is 2.16. The lowest BCUT2D eigenvalue weighted by atomic mass is 9.93. The van der Waals surface area contributed by atoms with E-state index in [-0.39, 0.29) is 17.2 Å². The van der Waals surface area contributed by atoms with Gasteiger partial charge < -0.3 is 5.32 Å². The first kappa shape index (κ1) is 18.1. The Labute approximate surface area is 145 Å². The second kappa shape index (κ2) is 7.53. The Morgan fingerprint density at radius 2 is 1.92 bits per heavy atom. The van der Waals surface area contributed by atoms with Crippen molar-refractivity contribution in [3.63, 3.8) is 0 Å². The van der Waals surface area contributed by atoms with Crippen LogP contribution in [0.5, 0.6) is 0 Å². The molecule has 0 saturated heterocycles. The minimum atomic E-state index is -0.277. The molecule has 0 aliphatic rings. The summed E-state index contributed by atoms with van der Waals surface area (Å²) in [5.41, 5.74) is 1.17. The average Bonchev–Trinajstić information content (AvgIpc) is 2.92. The standard InChI is InChI=1S/C17H22N4O2S/c1-5-13(22)18-12-8-6-7-11(9-12)15(23)19-16-21-20-14(24-16)10-17(2,3)4/h6-9H,5,10H2,1-4H3,(H,18,22)(H,19,21,23). The summed E-state index contributed by atoms with van der Waals surface area (Å²) in [4.78, 5) is 23.8. The monoisotopic (exact) mass is 346 g/mol. The number of hydrogen-bond acceptors (Lipinski definition) is 5. The van der Waals surface area contributed by atoms with Gasteiger partial charge in [0.1, 0.15) is 5.01 Å². The van der Waals surface area contributed by atoms with E-state index in [4.69, 9.17) is 0 Å². The van der Waals surface area contributed by atoms with Crippen LogP contribution in [0, 0.1) is 5.41 Å². The van der Waals surface area contributed by atoms with Gasteiger partial charge in [-0.2, -0.15) is 0 Å². The summed E-state index contributed by atoms with van der Waals surface area (Å²) >= 11 is 1.38. The third kappa shape index (κ3) is 5.42. The molecule has 0 bridgehead atoms. The predicted molar refractivity (Wildman–Crippen MR) is 96.4 cm³/mol. The molecule has 24 heavy (non-hydrogen) atoms. The van der Waals surface area contributed by atoms with Crippen molar-refractivity contribution in [1.82, 2.24) is 10.2 Å². The Balaban J connectivity index is 2.04. The Morgan fingerprint density at radius 3 is 2.58 bits per heavy atom. The van der Waals surface area contributed by atoms with Crippen LogP contribution in [0.3, 0.4) is 0 Å². The van der Waals surface area contributed by atoms with Gasteiger partial charge in [0.2, 0.25) is 11.0 Å². The summed E-state index contributed by atoms with van der Waals surface area (Å²) in [6.07, 6.45) is 1.19. The Kier molecular flexibility index (Phi) is 5.66. The van der Waals surface area contributed by atoms with Crippen LogP contribution in [0.15, 0.2) is 24.3 Å². The van der Waals surface area contributed by atoms with Gasteiger partial charge in [0.15, 0.2) is 0 Å². The van der Waals surface area contributed by atoms with Crippen LogP contribution in [0.4, 0.5) is 10.8 Å². The molecule has 7 heteroatoms. The Hall–Kier alpha value is -2.28. The molecule has 128 valence electrons. The normalized spacial score (nSPS) is 11.2. The van der Waals surface area contributed by atoms with E-state index >= 15 is 0 Å². The number of carbonyl (C=O) groups is 2. The van der Waals surface area contributed by atoms with Gasteiger partial charge in [-0.15, -0.1) is 10.2 Å². The van der Waals surface area contributed by atoms with Crippen LogP contribution in [-0.2, 0) is 11.2 Å². The number of amides is 2. The van der Waals surface area contributed by atoms with Gasteiger partial charge in [-0.3, -0.25) is 14.9 Å². The quantitative estimate of drug-likeness (QED) is 0.864. The molecule has 2 amide bonds. The molecule has 1 aromatic carbocycles. The smallest absolute Gasteiger partial charge is 0.257 e. The predicted octanol–water partition coefficient (Wildman–Crippen LogP) is 3.73. The van der Waals surface area contributed by atoms with Crippen molar-refractivity contribution in [2.45, 2.75) is 40.5 Å². The van der Waals surface area contributed by atoms with Crippen molar-refractivity contribution >= 4 is 34.0 Å². The first-order chi connectivity index (χ1) is 11.3. The maximum absolute atomic E-state index is 12.3. The van der Waals surface area contributed by atoms with E-state index in [9.17, 15) is 9.59 Å². The summed E-state index contributed by atoms with van der Waals surface area (Å²) in [7, 11) is 0. The summed E-state index contributed by atoms with van der Waals surface area (Å²) in [6.45, 7) is 8.16. The molecule has 2 N–H and O–H groups in total. The van der Waals surface area contributed by atoms with E-state index in [0.717, 1.165) is 11.4 Å². The zero-order valence-corrected chi connectivity index (χ0v) is 15.2. The molecule has 0 unspecified atom stereocenters. The second-order valence-corrected chi connectivity index (χ2v) is 7.74. The van der Waals surface area contributed by atoms with Crippen molar-refractivity contribution in [3.05, 3.63) is 34.8 Å². The number of nitrogens with one attached hydrogen (secondary N) is 2. The van der Waals surface area contributed by atoms with E-state index in [1.54, 1.807) is 31.2 Å². The lowest BCUT2D eigenvalue weighted by Gasteiger charge is -2.14. The van der Waals surface area contributed by atoms with Gasteiger partial charge in [-0.1, -0.05) is 45.1 Å². The van der Waals surface area contributed by atoms with Crippen molar-refractivity contribution in [2.75, 3.05) is 10.6 Å². The van der Waals surface area contributed by atoms with E-state index in [1.165, 1.54) is 11.3 Å². The third-order valence-corrected chi connectivity index (χ3v) is 3.94. The first-order valence-corrected chi connectivity index (χ1v) is 8.62. The van der Waals surface area contributed by atoms with E-state index in [1.807, 2.05) is 0 Å². The Bertz CT molecular complexity index is 734. The van der Waals surface area contributed by atoms with Crippen LogP contribution in [0.1, 0.15) is 49.5 Å². The molecule has 0 fully saturated rings. The van der Waals surface area contributed by atoms with Crippen molar-refractivity contribution in [3.8, 4) is 0 Å². The fraction of sp³-hybridized carbons (Fsp3) is 0.412. The zero-order valence-electron chi connectivity index (χ0n) is 14.3. The lowest BCUT2D eigenvalue weighted by molar-refractivity contribution is -0.115. The fourth-order valence-electron chi connectivity index (χ4n) is 1.99. The summed E-state index contributed by atoms with van der Waals surface area (Å²) in [5.74, 6) is -0.371. The number of hydrogen-bond donors (Lipinski definition) is 2. The molecular formula is C17H22N4O2S. The average molecular weight is 346 g/mol. The molecule has 0 saturated carbocycles. The molecule has 0 aliphatic heterocycles. The molecule has 0 spiro atoms. The van der Waals surface area contributed by atoms with E-state index in [2.05, 4.69) is 41.6 Å². The zero-order chi connectivity index (χ0) is 17.7. The van der Waals surface area contributed by atoms with Gasteiger partial charge in [0.05, 0.1) is 0 Å². The number of rotatable bonds is 5. The highest BCUT2D eigenvalue weighted by Crippen LogP contribution is 2.25. The lowest BCUT2D eigenvalue weighted by Crippen LogP contribution is -2.13. The maximum atomic E-state index is 12.3. The number of benzene rings is 1. The third-order valence-electron chi connectivity index (χ3n) is 3.10. The van der Waals surface area contributed by atoms with Gasteiger partial charge in [0.25, 0.3) is 5.91 Å². The minimum Gasteiger partial charge on any atom is -0.326 e. The van der Waals surface area contributed by atoms with Gasteiger partial charge in [-0.25, -0.2) is 0 Å². The molecular weight excluding hydrogens is 324 g/mol. The van der Waals surface area contributed by atoms with Crippen molar-refractivity contribution in [1.29, 1.82) is 0 Å². The highest BCUT2D eigenvalue weighted by molar-refractivity contribution is 7.15. The van der Waals surface area contributed by atoms with Crippen LogP contribution < -0.4 is 10.6 Å². The molecule has 2 rings (SSSR count). The topological polar surface area (TPSA) is 84.0 Å². The first-order valence-electron chi connectivity index (χ1n) is 7.80. The fourth-order valence-corrected chi connectivity index (χ4v) is 3.02. The number of aromatic nitrogens is 2. The maximum Gasteiger partial charge on any atom is 0.257 e. The van der Waals surface area contributed by atoms with Crippen molar-refractivity contribution in [2.24, 2.45) is 5.41 Å². The van der Waals surface area contributed by atoms with Gasteiger partial charge in [-0.05, 0) is 23.6 Å². The summed E-state index contributed by atoms with van der Waals surface area (Å²) in [5, 5.41) is 15.0. The molecule has 0 atom stereocenters. The van der Waals surface area contributed by atoms with Crippen LogP contribution >= 0.6 is 11.3 Å². The van der Waals surface area contributed by atoms with Crippen molar-refractivity contribution < 1.29 is 9.59 Å². The molecule has 2 aromatic rings. The molecule has 0 aliphatic carbocycles. The Morgan fingerprint density at radius 1 is 1.17 bits per heavy atom. The molecule has 0 radical (unpaired) electrons. The van der Waals surface area contributed by atoms with Gasteiger partial charge >= 0.3 is 0 Å². The summed E-state index contributed by atoms with van der Waals surface area (Å²) in [6, 6.07) is 6.80. The SMILES string of the molecule is CCC(=O)Nc1cccc(C(=O)Nc2nnc(CC(C)(C)C)s2)c1. The minimum absolute atomic E-state index is 0.0940. The van der Waals surface area contributed by atoms with E-state index in [0.29, 0.717) is 22.8 Å². The number of carbonyl (C=O) groups excluding carboxylic acids is 2. The summed E-state index contributed by atoms with van der Waals surface area (Å²) < 4.78 is 0. The van der Waals surface area contributed by atoms with Crippen LogP contribution in [0.25, 0.3) is 0 Å². The van der Waals surface area contributed by atoms with Crippen LogP contribution in [0.2, 0.25) is 0 Å². The highest BCUT2D eigenvalue weighted by atomic mass is 32.1. The second-order valence-electron chi connectivity index (χ2n) is 6.68. The molecule has 6 nitrogen and oxygen atoms in total. The largest absolute Gasteiger partial charge is 0.326 e. The molecule has 1 heterocycles. The van der Waals surface area contributed by atoms with E-state index < -0.39 is 0 Å². The number of anilines is 2. The number of nitrogens with zero attached hydrogens (tertiary/aromatic N) is 2. The molecule has 1 aromatic heterocycles.